The predicted octanol–water partition coefficient (Wildman–Crippen LogP) is 4.36. The van der Waals surface area contributed by atoms with Crippen molar-refractivity contribution in [3.05, 3.63) is 73.0 Å². The Kier molecular flexibility index (Phi) is 8.01. The number of halogens is 2. The van der Waals surface area contributed by atoms with E-state index in [2.05, 4.69) is 111 Å². The SMILES string of the molecule is Cc1cc(CN2C=CN(C)[CH-]2)cc(CN2C=CN(C)[CH-]2)c1.[Br][Cu][Br]. The van der Waals surface area contributed by atoms with E-state index in [9.17, 15) is 0 Å². The average molecular weight is 506 g/mol. The molecule has 0 saturated heterocycles. The molecule has 0 fully saturated rings. The van der Waals surface area contributed by atoms with Crippen LogP contribution in [0.2, 0.25) is 0 Å². The second kappa shape index (κ2) is 9.76. The summed E-state index contributed by atoms with van der Waals surface area (Å²) in [4.78, 5) is 8.54. The molecule has 0 aliphatic carbocycles. The Morgan fingerprint density at radius 2 is 1.25 bits per heavy atom. The normalized spacial score (nSPS) is 16.2. The second-order valence-electron chi connectivity index (χ2n) is 5.87. The van der Waals surface area contributed by atoms with E-state index in [1.165, 1.54) is 28.0 Å². The van der Waals surface area contributed by atoms with Crippen molar-refractivity contribution < 1.29 is 11.3 Å². The number of rotatable bonds is 4. The van der Waals surface area contributed by atoms with Crippen LogP contribution in [-0.2, 0) is 24.4 Å². The Morgan fingerprint density at radius 3 is 1.58 bits per heavy atom. The Labute approximate surface area is 165 Å². The van der Waals surface area contributed by atoms with Gasteiger partial charge in [0.1, 0.15) is 0 Å². The summed E-state index contributed by atoms with van der Waals surface area (Å²) in [6.45, 7) is 8.20. The molecule has 0 radical (unpaired) electrons. The molecule has 7 heteroatoms. The van der Waals surface area contributed by atoms with E-state index < -0.39 is 0 Å². The monoisotopic (exact) mass is 503 g/mol. The van der Waals surface area contributed by atoms with Gasteiger partial charge in [-0.15, -0.1) is 0 Å². The molecule has 0 bridgehead atoms. The summed E-state index contributed by atoms with van der Waals surface area (Å²) < 4.78 is 0. The molecule has 3 rings (SSSR count). The van der Waals surface area contributed by atoms with Gasteiger partial charge in [0, 0.05) is 13.1 Å². The topological polar surface area (TPSA) is 13.0 Å². The summed E-state index contributed by atoms with van der Waals surface area (Å²) in [6, 6.07) is 6.82. The van der Waals surface area contributed by atoms with Crippen molar-refractivity contribution >= 4 is 28.2 Å². The number of hydrogen-bond donors (Lipinski definition) is 0. The number of benzene rings is 1. The summed E-state index contributed by atoms with van der Waals surface area (Å²) in [6.07, 6.45) is 8.34. The summed E-state index contributed by atoms with van der Waals surface area (Å²) in [7, 11) is 4.09. The molecule has 2 aliphatic heterocycles. The van der Waals surface area contributed by atoms with Crippen molar-refractivity contribution in [1.82, 2.24) is 19.6 Å². The molecule has 0 spiro atoms. The van der Waals surface area contributed by atoms with Gasteiger partial charge in [0.25, 0.3) is 0 Å². The second-order valence-corrected chi connectivity index (χ2v) is 10.6. The van der Waals surface area contributed by atoms with Crippen LogP contribution in [0.4, 0.5) is 0 Å². The molecule has 2 heterocycles. The van der Waals surface area contributed by atoms with Gasteiger partial charge in [0.05, 0.1) is 0 Å². The van der Waals surface area contributed by atoms with Crippen LogP contribution in [0.15, 0.2) is 43.0 Å². The molecular formula is C17H22Br2CuN4-2. The molecule has 2 aliphatic rings. The number of nitrogens with zero attached hydrogens (tertiary/aromatic N) is 4. The van der Waals surface area contributed by atoms with Gasteiger partial charge in [-0.1, -0.05) is 23.8 Å². The molecule has 0 amide bonds. The van der Waals surface area contributed by atoms with Crippen LogP contribution < -0.4 is 0 Å². The van der Waals surface area contributed by atoms with Gasteiger partial charge >= 0.3 is 39.6 Å². The molecule has 0 unspecified atom stereocenters. The van der Waals surface area contributed by atoms with Crippen molar-refractivity contribution in [2.75, 3.05) is 14.1 Å². The van der Waals surface area contributed by atoms with E-state index in [0.717, 1.165) is 13.1 Å². The molecule has 4 nitrogen and oxygen atoms in total. The molecule has 24 heavy (non-hydrogen) atoms. The van der Waals surface area contributed by atoms with Gasteiger partial charge in [-0.2, -0.15) is 13.3 Å². The van der Waals surface area contributed by atoms with Crippen LogP contribution in [0.5, 0.6) is 0 Å². The first-order chi connectivity index (χ1) is 11.5. The quantitative estimate of drug-likeness (QED) is 0.445. The molecule has 0 aromatic heterocycles. The molecule has 1 aromatic rings. The predicted molar refractivity (Wildman–Crippen MR) is 103 cm³/mol. The van der Waals surface area contributed by atoms with E-state index in [4.69, 9.17) is 0 Å². The molecule has 0 saturated carbocycles. The van der Waals surface area contributed by atoms with Gasteiger partial charge in [-0.3, -0.25) is 0 Å². The van der Waals surface area contributed by atoms with E-state index in [0.29, 0.717) is 0 Å². The van der Waals surface area contributed by atoms with Crippen molar-refractivity contribution in [2.24, 2.45) is 0 Å². The van der Waals surface area contributed by atoms with E-state index in [1.54, 1.807) is 0 Å². The molecule has 0 atom stereocenters. The first-order valence-corrected chi connectivity index (χ1v) is 12.1. The molecule has 137 valence electrons. The van der Waals surface area contributed by atoms with Gasteiger partial charge in [0.15, 0.2) is 0 Å². The van der Waals surface area contributed by atoms with Crippen molar-refractivity contribution in [3.8, 4) is 0 Å². The zero-order valence-corrected chi connectivity index (χ0v) is 18.1. The Hall–Kier alpha value is -0.621. The number of hydrogen-bond acceptors (Lipinski definition) is 4. The zero-order valence-electron chi connectivity index (χ0n) is 14.0. The first-order valence-electron chi connectivity index (χ1n) is 7.43. The van der Waals surface area contributed by atoms with Gasteiger partial charge < -0.3 is 19.6 Å². The third-order valence-corrected chi connectivity index (χ3v) is 3.57. The van der Waals surface area contributed by atoms with Crippen molar-refractivity contribution in [3.63, 3.8) is 0 Å². The van der Waals surface area contributed by atoms with Crippen LogP contribution in [0.3, 0.4) is 0 Å². The fourth-order valence-corrected chi connectivity index (χ4v) is 2.74. The first kappa shape index (κ1) is 19.7. The van der Waals surface area contributed by atoms with Crippen LogP contribution in [0.25, 0.3) is 0 Å². The summed E-state index contributed by atoms with van der Waals surface area (Å²) in [5, 5.41) is 0. The summed E-state index contributed by atoms with van der Waals surface area (Å²) in [5.41, 5.74) is 4.01. The van der Waals surface area contributed by atoms with Crippen LogP contribution in [-0.4, -0.2) is 33.7 Å². The Bertz CT molecular complexity index is 548. The third kappa shape index (κ3) is 6.36. The van der Waals surface area contributed by atoms with Crippen molar-refractivity contribution in [2.45, 2.75) is 20.0 Å². The zero-order chi connectivity index (χ0) is 17.5. The Morgan fingerprint density at radius 1 is 0.833 bits per heavy atom. The summed E-state index contributed by atoms with van der Waals surface area (Å²) >= 11 is 7.38. The Balaban J connectivity index is 0.000000647. The number of aryl methyl sites for hydroxylation is 1. The van der Waals surface area contributed by atoms with Gasteiger partial charge in [-0.05, 0) is 56.9 Å². The van der Waals surface area contributed by atoms with E-state index >= 15 is 0 Å². The maximum atomic E-state index is 2.97. The standard InChI is InChI=1S/C17H22N4.2BrH.Cu/c1-15-8-16(11-20-6-4-18(2)13-20)10-17(9-15)12-21-7-5-19(3)14-21;;;/h4-10,13-14H,11-12H2,1-3H3;2*1H;/q-2;;;+2/p-2. The molecule has 1 aromatic carbocycles. The molecular weight excluding hydrogens is 484 g/mol. The minimum absolute atomic E-state index is 0.912. The van der Waals surface area contributed by atoms with Gasteiger partial charge in [-0.25, -0.2) is 0 Å². The third-order valence-electron chi connectivity index (χ3n) is 3.57. The van der Waals surface area contributed by atoms with E-state index in [-0.39, 0.29) is 0 Å². The fraction of sp³-hybridized carbons (Fsp3) is 0.294. The van der Waals surface area contributed by atoms with Crippen LogP contribution in [0.1, 0.15) is 16.7 Å². The van der Waals surface area contributed by atoms with E-state index in [1.807, 2.05) is 14.1 Å². The maximum absolute atomic E-state index is 2.97. The van der Waals surface area contributed by atoms with Crippen LogP contribution >= 0.6 is 28.2 Å². The molecule has 0 N–H and O–H groups in total. The van der Waals surface area contributed by atoms with Gasteiger partial charge in [0.2, 0.25) is 0 Å². The van der Waals surface area contributed by atoms with Crippen molar-refractivity contribution in [1.29, 1.82) is 0 Å². The summed E-state index contributed by atoms with van der Waals surface area (Å²) in [5.74, 6) is 0. The minimum atomic E-state index is 0.912. The fourth-order valence-electron chi connectivity index (χ4n) is 2.74. The average Bonchev–Trinajstić information content (AvgIpc) is 3.08. The van der Waals surface area contributed by atoms with Crippen LogP contribution in [0, 0.1) is 20.3 Å².